The van der Waals surface area contributed by atoms with Crippen molar-refractivity contribution in [1.29, 1.82) is 0 Å². The molecule has 2 rings (SSSR count). The van der Waals surface area contributed by atoms with Crippen LogP contribution < -0.4 is 0 Å². The summed E-state index contributed by atoms with van der Waals surface area (Å²) in [5.74, 6) is 0.292. The van der Waals surface area contributed by atoms with Gasteiger partial charge in [-0.1, -0.05) is 18.6 Å². The Labute approximate surface area is 123 Å². The summed E-state index contributed by atoms with van der Waals surface area (Å²) in [4.78, 5) is 2.41. The van der Waals surface area contributed by atoms with Gasteiger partial charge in [-0.05, 0) is 38.5 Å². The molecule has 5 heteroatoms. The average molecular weight is 300 g/mol. The van der Waals surface area contributed by atoms with Crippen LogP contribution >= 0.6 is 0 Å². The summed E-state index contributed by atoms with van der Waals surface area (Å²) in [6.45, 7) is 6.12. The number of rotatable bonds is 6. The van der Waals surface area contributed by atoms with E-state index in [1.165, 1.54) is 32.1 Å². The predicted molar refractivity (Wildman–Crippen MR) is 83.3 cm³/mol. The summed E-state index contributed by atoms with van der Waals surface area (Å²) in [6.07, 6.45) is 9.49. The minimum absolute atomic E-state index is 0.292. The number of hydrogen-bond donors (Lipinski definition) is 0. The van der Waals surface area contributed by atoms with Crippen LogP contribution in [0.4, 0.5) is 0 Å². The number of allylic oxidation sites excluding steroid dienone is 1. The smallest absolute Gasteiger partial charge is 0.214 e. The van der Waals surface area contributed by atoms with E-state index in [4.69, 9.17) is 0 Å². The zero-order valence-corrected chi connectivity index (χ0v) is 13.5. The lowest BCUT2D eigenvalue weighted by Crippen LogP contribution is -2.49. The van der Waals surface area contributed by atoms with Crippen LogP contribution in [0.1, 0.15) is 45.4 Å². The van der Waals surface area contributed by atoms with Crippen molar-refractivity contribution in [2.75, 3.05) is 38.5 Å². The second-order valence-corrected chi connectivity index (χ2v) is 8.00. The molecule has 0 atom stereocenters. The second-order valence-electron chi connectivity index (χ2n) is 5.91. The van der Waals surface area contributed by atoms with E-state index in [-0.39, 0.29) is 0 Å². The molecule has 0 amide bonds. The number of piperazine rings is 1. The number of nitrogens with zero attached hydrogens (tertiary/aromatic N) is 2. The Morgan fingerprint density at radius 3 is 2.50 bits per heavy atom. The molecule has 1 aliphatic heterocycles. The summed E-state index contributed by atoms with van der Waals surface area (Å²) in [5, 5.41) is 0. The predicted octanol–water partition coefficient (Wildman–Crippen LogP) is 2.23. The zero-order chi connectivity index (χ0) is 14.4. The summed E-state index contributed by atoms with van der Waals surface area (Å²) >= 11 is 0. The van der Waals surface area contributed by atoms with Crippen molar-refractivity contribution in [3.8, 4) is 0 Å². The normalized spacial score (nSPS) is 22.8. The van der Waals surface area contributed by atoms with Crippen molar-refractivity contribution in [2.45, 2.75) is 45.4 Å². The zero-order valence-electron chi connectivity index (χ0n) is 12.7. The quantitative estimate of drug-likeness (QED) is 0.706. The lowest BCUT2D eigenvalue weighted by Gasteiger charge is -2.34. The average Bonchev–Trinajstić information content (AvgIpc) is 2.47. The number of sulfonamides is 1. The molecule has 1 heterocycles. The van der Waals surface area contributed by atoms with Gasteiger partial charge in [0.15, 0.2) is 0 Å². The van der Waals surface area contributed by atoms with Crippen molar-refractivity contribution in [3.05, 3.63) is 11.6 Å². The van der Waals surface area contributed by atoms with E-state index in [9.17, 15) is 8.42 Å². The number of hydrogen-bond acceptors (Lipinski definition) is 3. The summed E-state index contributed by atoms with van der Waals surface area (Å²) < 4.78 is 25.7. The van der Waals surface area contributed by atoms with Crippen LogP contribution in [-0.2, 0) is 10.0 Å². The van der Waals surface area contributed by atoms with Crippen LogP contribution in [0.5, 0.6) is 0 Å². The van der Waals surface area contributed by atoms with Gasteiger partial charge in [0.2, 0.25) is 10.0 Å². The molecule has 0 radical (unpaired) electrons. The maximum Gasteiger partial charge on any atom is 0.214 e. The Balaban J connectivity index is 1.73. The molecule has 0 aromatic heterocycles. The molecule has 0 spiro atoms. The van der Waals surface area contributed by atoms with Gasteiger partial charge in [0.25, 0.3) is 0 Å². The minimum Gasteiger partial charge on any atom is -0.300 e. The molecule has 1 aliphatic carbocycles. The van der Waals surface area contributed by atoms with Crippen LogP contribution in [0, 0.1) is 0 Å². The highest BCUT2D eigenvalue weighted by atomic mass is 32.2. The molecule has 0 unspecified atom stereocenters. The highest BCUT2D eigenvalue weighted by Crippen LogP contribution is 2.20. The van der Waals surface area contributed by atoms with E-state index < -0.39 is 10.0 Å². The lowest BCUT2D eigenvalue weighted by molar-refractivity contribution is 0.189. The first kappa shape index (κ1) is 16.0. The van der Waals surface area contributed by atoms with Crippen molar-refractivity contribution in [3.63, 3.8) is 0 Å². The van der Waals surface area contributed by atoms with Gasteiger partial charge < -0.3 is 4.90 Å². The van der Waals surface area contributed by atoms with Gasteiger partial charge in [-0.25, -0.2) is 8.42 Å². The van der Waals surface area contributed by atoms with Crippen molar-refractivity contribution < 1.29 is 8.42 Å². The fourth-order valence-electron chi connectivity index (χ4n) is 3.05. The summed E-state index contributed by atoms with van der Waals surface area (Å²) in [7, 11) is -3.00. The molecular formula is C15H28N2O2S. The summed E-state index contributed by atoms with van der Waals surface area (Å²) in [6, 6.07) is 0. The molecule has 2 aliphatic rings. The summed E-state index contributed by atoms with van der Waals surface area (Å²) in [5.41, 5.74) is 1.61. The van der Waals surface area contributed by atoms with Crippen LogP contribution in [-0.4, -0.2) is 56.1 Å². The van der Waals surface area contributed by atoms with Gasteiger partial charge in [0.05, 0.1) is 5.75 Å². The molecule has 1 saturated heterocycles. The van der Waals surface area contributed by atoms with E-state index in [0.717, 1.165) is 19.6 Å². The molecule has 0 saturated carbocycles. The van der Waals surface area contributed by atoms with E-state index in [1.807, 2.05) is 6.92 Å². The second kappa shape index (κ2) is 7.57. The van der Waals surface area contributed by atoms with Gasteiger partial charge >= 0.3 is 0 Å². The van der Waals surface area contributed by atoms with Gasteiger partial charge in [-0.2, -0.15) is 4.31 Å². The standard InChI is InChI=1S/C15H28N2O2S/c1-2-14-20(18,19)17-12-10-16(11-13-17)9-8-15-6-4-3-5-7-15/h6H,2-5,7-14H2,1H3. The third-order valence-electron chi connectivity index (χ3n) is 4.32. The molecule has 4 nitrogen and oxygen atoms in total. The molecule has 1 fully saturated rings. The fraction of sp³-hybridized carbons (Fsp3) is 0.867. The van der Waals surface area contributed by atoms with Gasteiger partial charge in [0, 0.05) is 32.7 Å². The first-order valence-electron chi connectivity index (χ1n) is 8.00. The molecule has 0 bridgehead atoms. The fourth-order valence-corrected chi connectivity index (χ4v) is 4.55. The van der Waals surface area contributed by atoms with Gasteiger partial charge in [-0.15, -0.1) is 0 Å². The monoisotopic (exact) mass is 300 g/mol. The van der Waals surface area contributed by atoms with E-state index >= 15 is 0 Å². The first-order valence-corrected chi connectivity index (χ1v) is 9.61. The highest BCUT2D eigenvalue weighted by Gasteiger charge is 2.25. The Hall–Kier alpha value is -0.390. The lowest BCUT2D eigenvalue weighted by atomic mass is 9.97. The van der Waals surface area contributed by atoms with Crippen molar-refractivity contribution in [2.24, 2.45) is 0 Å². The molecule has 0 N–H and O–H groups in total. The SMILES string of the molecule is CCCS(=O)(=O)N1CCN(CCC2=CCCCC2)CC1. The Kier molecular flexibility index (Phi) is 6.05. The topological polar surface area (TPSA) is 40.6 Å². The Morgan fingerprint density at radius 2 is 1.90 bits per heavy atom. The van der Waals surface area contributed by atoms with Crippen molar-refractivity contribution in [1.82, 2.24) is 9.21 Å². The third kappa shape index (κ3) is 4.57. The van der Waals surface area contributed by atoms with Crippen LogP contribution in [0.3, 0.4) is 0 Å². The Bertz CT molecular complexity index is 423. The van der Waals surface area contributed by atoms with E-state index in [0.29, 0.717) is 25.3 Å². The molecule has 0 aromatic rings. The molecular weight excluding hydrogens is 272 g/mol. The van der Waals surface area contributed by atoms with Crippen LogP contribution in [0.2, 0.25) is 0 Å². The Morgan fingerprint density at radius 1 is 1.15 bits per heavy atom. The minimum atomic E-state index is -3.00. The van der Waals surface area contributed by atoms with Crippen molar-refractivity contribution >= 4 is 10.0 Å². The van der Waals surface area contributed by atoms with Gasteiger partial charge in [0.1, 0.15) is 0 Å². The van der Waals surface area contributed by atoms with E-state index in [1.54, 1.807) is 9.88 Å². The van der Waals surface area contributed by atoms with E-state index in [2.05, 4.69) is 11.0 Å². The first-order chi connectivity index (χ1) is 9.62. The third-order valence-corrected chi connectivity index (χ3v) is 6.40. The maximum absolute atomic E-state index is 12.0. The molecule has 0 aromatic carbocycles. The largest absolute Gasteiger partial charge is 0.300 e. The van der Waals surface area contributed by atoms with Crippen LogP contribution in [0.25, 0.3) is 0 Å². The van der Waals surface area contributed by atoms with Crippen LogP contribution in [0.15, 0.2) is 11.6 Å². The molecule has 20 heavy (non-hydrogen) atoms. The van der Waals surface area contributed by atoms with Gasteiger partial charge in [-0.3, -0.25) is 0 Å². The molecule has 116 valence electrons. The maximum atomic E-state index is 12.0. The highest BCUT2D eigenvalue weighted by molar-refractivity contribution is 7.89.